The van der Waals surface area contributed by atoms with E-state index < -0.39 is 0 Å². The minimum absolute atomic E-state index is 0.134. The third-order valence-corrected chi connectivity index (χ3v) is 5.22. The molecule has 3 aromatic carbocycles. The van der Waals surface area contributed by atoms with E-state index in [0.717, 1.165) is 5.56 Å². The molecule has 168 valence electrons. The Hall–Kier alpha value is -4.20. The van der Waals surface area contributed by atoms with Crippen molar-refractivity contribution < 1.29 is 28.5 Å². The molecular formula is C25H22N2O6. The van der Waals surface area contributed by atoms with E-state index >= 15 is 0 Å². The third kappa shape index (κ3) is 4.69. The lowest BCUT2D eigenvalue weighted by molar-refractivity contribution is -0.115. The number of nitrogens with one attached hydrogen (secondary N) is 2. The van der Waals surface area contributed by atoms with Crippen molar-refractivity contribution in [1.82, 2.24) is 0 Å². The van der Waals surface area contributed by atoms with Gasteiger partial charge in [-0.1, -0.05) is 18.2 Å². The summed E-state index contributed by atoms with van der Waals surface area (Å²) >= 11 is 0. The summed E-state index contributed by atoms with van der Waals surface area (Å²) in [6.07, 6.45) is 0.134. The van der Waals surface area contributed by atoms with Gasteiger partial charge in [0.2, 0.25) is 5.91 Å². The summed E-state index contributed by atoms with van der Waals surface area (Å²) in [4.78, 5) is 25.6. The SMILES string of the molecule is O=C(Cc1ccc2c(c1)OCCO2)Nc1ccccc1C(=O)Nc1ccc2c(c1)OCCO2. The van der Waals surface area contributed by atoms with E-state index in [1.807, 2.05) is 6.07 Å². The van der Waals surface area contributed by atoms with E-state index in [2.05, 4.69) is 10.6 Å². The Balaban J connectivity index is 1.27. The number of fused-ring (bicyclic) bond motifs is 2. The van der Waals surface area contributed by atoms with Crippen LogP contribution in [0.1, 0.15) is 15.9 Å². The number of hydrogen-bond donors (Lipinski definition) is 2. The molecule has 0 atom stereocenters. The van der Waals surface area contributed by atoms with E-state index in [1.54, 1.807) is 54.6 Å². The predicted octanol–water partition coefficient (Wildman–Crippen LogP) is 3.66. The van der Waals surface area contributed by atoms with Gasteiger partial charge >= 0.3 is 0 Å². The topological polar surface area (TPSA) is 95.1 Å². The zero-order valence-electron chi connectivity index (χ0n) is 17.8. The summed E-state index contributed by atoms with van der Waals surface area (Å²) in [5.74, 6) is 1.94. The molecule has 0 radical (unpaired) electrons. The van der Waals surface area contributed by atoms with E-state index in [0.29, 0.717) is 66.4 Å². The van der Waals surface area contributed by atoms with Crippen LogP contribution >= 0.6 is 0 Å². The lowest BCUT2D eigenvalue weighted by Gasteiger charge is -2.19. The number of anilines is 2. The lowest BCUT2D eigenvalue weighted by atomic mass is 10.1. The minimum atomic E-state index is -0.345. The molecule has 8 nitrogen and oxygen atoms in total. The van der Waals surface area contributed by atoms with Gasteiger partial charge in [-0.3, -0.25) is 9.59 Å². The Morgan fingerprint density at radius 1 is 0.697 bits per heavy atom. The standard InChI is InChI=1S/C25H22N2O6/c28-24(14-16-5-7-20-22(13-16)32-11-9-30-20)27-19-4-2-1-3-18(19)25(29)26-17-6-8-21-23(15-17)33-12-10-31-21/h1-8,13,15H,9-12,14H2,(H,26,29)(H,27,28). The van der Waals surface area contributed by atoms with Crippen molar-refractivity contribution in [1.29, 1.82) is 0 Å². The highest BCUT2D eigenvalue weighted by Crippen LogP contribution is 2.33. The first kappa shape index (κ1) is 20.7. The fourth-order valence-electron chi connectivity index (χ4n) is 3.69. The summed E-state index contributed by atoms with van der Waals surface area (Å²) in [5, 5.41) is 5.69. The van der Waals surface area contributed by atoms with Gasteiger partial charge in [0.25, 0.3) is 5.91 Å². The van der Waals surface area contributed by atoms with Crippen molar-refractivity contribution in [2.75, 3.05) is 37.1 Å². The van der Waals surface area contributed by atoms with Gasteiger partial charge in [0.05, 0.1) is 17.7 Å². The lowest BCUT2D eigenvalue weighted by Crippen LogP contribution is -2.20. The van der Waals surface area contributed by atoms with Gasteiger partial charge in [0, 0.05) is 11.8 Å². The third-order valence-electron chi connectivity index (χ3n) is 5.22. The molecule has 0 aliphatic carbocycles. The van der Waals surface area contributed by atoms with Crippen LogP contribution in [0.4, 0.5) is 11.4 Å². The Bertz CT molecular complexity index is 1210. The first-order valence-electron chi connectivity index (χ1n) is 10.6. The molecule has 2 aliphatic heterocycles. The maximum Gasteiger partial charge on any atom is 0.257 e. The zero-order valence-corrected chi connectivity index (χ0v) is 17.8. The number of hydrogen-bond acceptors (Lipinski definition) is 6. The summed E-state index contributed by atoms with van der Waals surface area (Å²) in [6.45, 7) is 1.95. The number of carbonyl (C=O) groups excluding carboxylic acids is 2. The molecule has 0 unspecified atom stereocenters. The van der Waals surface area contributed by atoms with Crippen LogP contribution in [0.3, 0.4) is 0 Å². The van der Waals surface area contributed by atoms with Crippen LogP contribution in [0, 0.1) is 0 Å². The summed E-state index contributed by atoms with van der Waals surface area (Å²) < 4.78 is 22.2. The highest BCUT2D eigenvalue weighted by molar-refractivity contribution is 6.10. The van der Waals surface area contributed by atoms with Crippen molar-refractivity contribution in [2.24, 2.45) is 0 Å². The monoisotopic (exact) mass is 446 g/mol. The fraction of sp³-hybridized carbons (Fsp3) is 0.200. The highest BCUT2D eigenvalue weighted by atomic mass is 16.6. The number of rotatable bonds is 5. The predicted molar refractivity (Wildman–Crippen MR) is 122 cm³/mol. The molecule has 2 heterocycles. The van der Waals surface area contributed by atoms with Gasteiger partial charge in [0.1, 0.15) is 26.4 Å². The van der Waals surface area contributed by atoms with Crippen LogP contribution < -0.4 is 29.6 Å². The average Bonchev–Trinajstić information content (AvgIpc) is 2.84. The molecule has 2 amide bonds. The van der Waals surface area contributed by atoms with Crippen LogP contribution in [0.15, 0.2) is 60.7 Å². The molecule has 5 rings (SSSR count). The van der Waals surface area contributed by atoms with Crippen molar-refractivity contribution in [3.05, 3.63) is 71.8 Å². The maximum absolute atomic E-state index is 12.9. The molecule has 0 saturated heterocycles. The molecule has 0 saturated carbocycles. The summed E-state index contributed by atoms with van der Waals surface area (Å²) in [7, 11) is 0. The van der Waals surface area contributed by atoms with Gasteiger partial charge < -0.3 is 29.6 Å². The number of carbonyl (C=O) groups is 2. The first-order chi connectivity index (χ1) is 16.2. The van der Waals surface area contributed by atoms with Crippen molar-refractivity contribution in [3.63, 3.8) is 0 Å². The molecule has 8 heteroatoms. The van der Waals surface area contributed by atoms with Gasteiger partial charge in [-0.15, -0.1) is 0 Å². The molecule has 2 aliphatic rings. The van der Waals surface area contributed by atoms with Crippen molar-refractivity contribution in [2.45, 2.75) is 6.42 Å². The average molecular weight is 446 g/mol. The number of amides is 2. The second-order valence-corrected chi connectivity index (χ2v) is 7.56. The molecule has 0 fully saturated rings. The Morgan fingerprint density at radius 3 is 2.09 bits per heavy atom. The van der Waals surface area contributed by atoms with Gasteiger partial charge in [-0.05, 0) is 42.0 Å². The Labute approximate surface area is 190 Å². The molecule has 0 spiro atoms. The van der Waals surface area contributed by atoms with E-state index in [4.69, 9.17) is 18.9 Å². The molecular weight excluding hydrogens is 424 g/mol. The van der Waals surface area contributed by atoms with Crippen LogP contribution in [-0.4, -0.2) is 38.2 Å². The zero-order chi connectivity index (χ0) is 22.6. The van der Waals surface area contributed by atoms with Gasteiger partial charge in [-0.25, -0.2) is 0 Å². The normalized spacial score (nSPS) is 13.7. The van der Waals surface area contributed by atoms with Crippen LogP contribution in [-0.2, 0) is 11.2 Å². The van der Waals surface area contributed by atoms with E-state index in [9.17, 15) is 9.59 Å². The van der Waals surface area contributed by atoms with E-state index in [1.165, 1.54) is 0 Å². The number of para-hydroxylation sites is 1. The Morgan fingerprint density at radius 2 is 1.33 bits per heavy atom. The summed E-state index contributed by atoms with van der Waals surface area (Å²) in [5.41, 5.74) is 2.13. The molecule has 0 bridgehead atoms. The molecule has 33 heavy (non-hydrogen) atoms. The second kappa shape index (κ2) is 9.12. The summed E-state index contributed by atoms with van der Waals surface area (Å²) in [6, 6.07) is 17.5. The highest BCUT2D eigenvalue weighted by Gasteiger charge is 2.17. The van der Waals surface area contributed by atoms with Crippen LogP contribution in [0.2, 0.25) is 0 Å². The fourth-order valence-corrected chi connectivity index (χ4v) is 3.69. The molecule has 3 aromatic rings. The smallest absolute Gasteiger partial charge is 0.257 e. The molecule has 2 N–H and O–H groups in total. The van der Waals surface area contributed by atoms with Crippen molar-refractivity contribution in [3.8, 4) is 23.0 Å². The van der Waals surface area contributed by atoms with Crippen molar-refractivity contribution >= 4 is 23.2 Å². The first-order valence-corrected chi connectivity index (χ1v) is 10.6. The van der Waals surface area contributed by atoms with E-state index in [-0.39, 0.29) is 18.2 Å². The maximum atomic E-state index is 12.9. The van der Waals surface area contributed by atoms with Gasteiger partial charge in [0.15, 0.2) is 23.0 Å². The quantitative estimate of drug-likeness (QED) is 0.621. The van der Waals surface area contributed by atoms with Crippen LogP contribution in [0.5, 0.6) is 23.0 Å². The largest absolute Gasteiger partial charge is 0.486 e. The van der Waals surface area contributed by atoms with Gasteiger partial charge in [-0.2, -0.15) is 0 Å². The number of ether oxygens (including phenoxy) is 4. The number of benzene rings is 3. The minimum Gasteiger partial charge on any atom is -0.486 e. The van der Waals surface area contributed by atoms with Crippen LogP contribution in [0.25, 0.3) is 0 Å². The Kier molecular flexibility index (Phi) is 5.72. The molecule has 0 aromatic heterocycles. The second-order valence-electron chi connectivity index (χ2n) is 7.56.